The van der Waals surface area contributed by atoms with Crippen molar-refractivity contribution in [3.05, 3.63) is 0 Å². The van der Waals surface area contributed by atoms with Gasteiger partial charge in [-0.05, 0) is 38.5 Å². The summed E-state index contributed by atoms with van der Waals surface area (Å²) in [7, 11) is 1.64. The van der Waals surface area contributed by atoms with Crippen molar-refractivity contribution < 1.29 is 23.9 Å². The second kappa shape index (κ2) is 13.3. The molecule has 186 valence electrons. The van der Waals surface area contributed by atoms with E-state index in [1.165, 1.54) is 11.8 Å². The van der Waals surface area contributed by atoms with E-state index in [2.05, 4.69) is 27.7 Å². The lowest BCUT2D eigenvalue weighted by atomic mass is 9.87. The van der Waals surface area contributed by atoms with Crippen LogP contribution in [-0.4, -0.2) is 79.0 Å². The second-order valence-electron chi connectivity index (χ2n) is 9.17. The van der Waals surface area contributed by atoms with E-state index in [4.69, 9.17) is 9.47 Å². The van der Waals surface area contributed by atoms with Crippen molar-refractivity contribution >= 4 is 34.5 Å². The molecular formula is C23H38N4O5S. The maximum Gasteiger partial charge on any atom is 0.309 e. The normalized spacial score (nSPS) is 25.0. The third-order valence-electron chi connectivity index (χ3n) is 6.79. The molecular weight excluding hydrogens is 444 g/mol. The van der Waals surface area contributed by atoms with Gasteiger partial charge in [0.25, 0.3) is 0 Å². The fraction of sp³-hybridized carbons (Fsp3) is 0.826. The highest BCUT2D eigenvalue weighted by molar-refractivity contribution is 8.14. The molecule has 9 nitrogen and oxygen atoms in total. The zero-order valence-corrected chi connectivity index (χ0v) is 20.7. The zero-order valence-electron chi connectivity index (χ0n) is 19.8. The molecule has 2 amide bonds. The van der Waals surface area contributed by atoms with Gasteiger partial charge < -0.3 is 19.7 Å². The highest BCUT2D eigenvalue weighted by Crippen LogP contribution is 2.26. The molecule has 0 aromatic carbocycles. The van der Waals surface area contributed by atoms with Crippen molar-refractivity contribution in [3.8, 4) is 0 Å². The maximum atomic E-state index is 13.2. The molecule has 3 aliphatic rings. The number of Topliss-reactive ketones (excluding diaryl/α,β-unsaturated/α-hetero) is 1. The van der Waals surface area contributed by atoms with Crippen molar-refractivity contribution in [2.75, 3.05) is 39.2 Å². The Labute approximate surface area is 200 Å². The van der Waals surface area contributed by atoms with Crippen LogP contribution in [0.5, 0.6) is 0 Å². The number of methoxy groups -OCH3 is 1. The summed E-state index contributed by atoms with van der Waals surface area (Å²) in [4.78, 5) is 41.0. The fourth-order valence-corrected chi connectivity index (χ4v) is 5.83. The van der Waals surface area contributed by atoms with E-state index in [1.807, 2.05) is 0 Å². The smallest absolute Gasteiger partial charge is 0.309 e. The number of ether oxygens (including phenoxy) is 2. The Morgan fingerprint density at radius 3 is 2.52 bits per heavy atom. The number of ketones is 1. The van der Waals surface area contributed by atoms with Crippen LogP contribution in [-0.2, 0) is 23.9 Å². The Morgan fingerprint density at radius 1 is 1.15 bits per heavy atom. The molecule has 0 aromatic rings. The van der Waals surface area contributed by atoms with E-state index in [0.717, 1.165) is 44.3 Å². The lowest BCUT2D eigenvalue weighted by Crippen LogP contribution is -2.53. The van der Waals surface area contributed by atoms with Crippen LogP contribution >= 0.6 is 11.8 Å². The Balaban J connectivity index is 1.65. The van der Waals surface area contributed by atoms with E-state index in [0.29, 0.717) is 44.4 Å². The second-order valence-corrected chi connectivity index (χ2v) is 10.2. The van der Waals surface area contributed by atoms with Crippen LogP contribution in [0.15, 0.2) is 5.10 Å². The van der Waals surface area contributed by atoms with Gasteiger partial charge in [-0.2, -0.15) is 0 Å². The monoisotopic (exact) mass is 482 g/mol. The zero-order chi connectivity index (χ0) is 23.6. The number of hydrazone groups is 1. The molecule has 3 fully saturated rings. The fourth-order valence-electron chi connectivity index (χ4n) is 4.71. The molecule has 0 spiro atoms. The van der Waals surface area contributed by atoms with Crippen LogP contribution in [0.2, 0.25) is 0 Å². The number of nitrogens with zero attached hydrogens (tertiary/aromatic N) is 2. The molecule has 0 bridgehead atoms. The number of rotatable bonds is 9. The summed E-state index contributed by atoms with van der Waals surface area (Å²) in [6.45, 7) is 4.36. The summed E-state index contributed by atoms with van der Waals surface area (Å²) in [5.74, 6) is -0.865. The molecule has 1 saturated carbocycles. The van der Waals surface area contributed by atoms with Crippen molar-refractivity contribution in [1.82, 2.24) is 15.6 Å². The Kier molecular flexibility index (Phi) is 10.5. The minimum atomic E-state index is -0.843. The molecule has 33 heavy (non-hydrogen) atoms. The number of amidine groups is 1. The summed E-state index contributed by atoms with van der Waals surface area (Å²) in [5, 5.41) is 7.85. The molecule has 0 unspecified atom stereocenters. The quantitative estimate of drug-likeness (QED) is 0.293. The summed E-state index contributed by atoms with van der Waals surface area (Å²) < 4.78 is 10.6. The average molecular weight is 483 g/mol. The van der Waals surface area contributed by atoms with Gasteiger partial charge in [0.15, 0.2) is 5.17 Å². The van der Waals surface area contributed by atoms with Crippen molar-refractivity contribution in [2.45, 2.75) is 70.4 Å². The van der Waals surface area contributed by atoms with Crippen LogP contribution in [0, 0.1) is 11.8 Å². The standard InChI is InChI=1S/C23H38N4O5S/c1-16-15-33-23(27(16)11-14-31-2)26-25-22(30)20(28)19(17-9-12-32-13-10-17)24-21(29)18-7-5-3-4-6-8-18/h16-19H,3-15H2,1-2H3,(H,24,29)(H,25,30)/b26-23-/t16-,19-/m0/s1. The van der Waals surface area contributed by atoms with Gasteiger partial charge in [-0.1, -0.05) is 37.4 Å². The third kappa shape index (κ3) is 7.42. The highest BCUT2D eigenvalue weighted by Gasteiger charge is 2.36. The summed E-state index contributed by atoms with van der Waals surface area (Å²) in [5.41, 5.74) is 2.45. The molecule has 2 atom stereocenters. The van der Waals surface area contributed by atoms with E-state index < -0.39 is 17.7 Å². The SMILES string of the molecule is COCCN1/C(=N/NC(=O)C(=O)[C@@H](NC(=O)C2CCCCCC2)C2CCOCC2)SC[C@@H]1C. The number of hydrogen-bond donors (Lipinski definition) is 2. The van der Waals surface area contributed by atoms with Gasteiger partial charge in [-0.15, -0.1) is 5.10 Å². The lowest BCUT2D eigenvalue weighted by molar-refractivity contribution is -0.142. The summed E-state index contributed by atoms with van der Waals surface area (Å²) >= 11 is 1.54. The van der Waals surface area contributed by atoms with Gasteiger partial charge in [0.2, 0.25) is 11.7 Å². The maximum absolute atomic E-state index is 13.2. The van der Waals surface area contributed by atoms with Gasteiger partial charge in [-0.3, -0.25) is 14.4 Å². The minimum absolute atomic E-state index is 0.0864. The van der Waals surface area contributed by atoms with Gasteiger partial charge >= 0.3 is 5.91 Å². The van der Waals surface area contributed by atoms with E-state index in [-0.39, 0.29) is 23.8 Å². The Hall–Kier alpha value is -1.65. The first-order valence-corrected chi connectivity index (χ1v) is 13.2. The number of carbonyl (C=O) groups excluding carboxylic acids is 3. The van der Waals surface area contributed by atoms with Crippen LogP contribution in [0.25, 0.3) is 0 Å². The predicted octanol–water partition coefficient (Wildman–Crippen LogP) is 1.91. The Bertz CT molecular complexity index is 705. The number of carbonyl (C=O) groups is 3. The predicted molar refractivity (Wildman–Crippen MR) is 128 cm³/mol. The minimum Gasteiger partial charge on any atom is -0.383 e. The van der Waals surface area contributed by atoms with Gasteiger partial charge in [0.05, 0.1) is 6.61 Å². The van der Waals surface area contributed by atoms with Crippen molar-refractivity contribution in [1.29, 1.82) is 0 Å². The first kappa shape index (κ1) is 26.0. The van der Waals surface area contributed by atoms with E-state index >= 15 is 0 Å². The van der Waals surface area contributed by atoms with Crippen LogP contribution in [0.3, 0.4) is 0 Å². The molecule has 2 saturated heterocycles. The molecule has 2 aliphatic heterocycles. The van der Waals surface area contributed by atoms with Crippen LogP contribution in [0.4, 0.5) is 0 Å². The first-order valence-electron chi connectivity index (χ1n) is 12.2. The van der Waals surface area contributed by atoms with Gasteiger partial charge in [0.1, 0.15) is 6.04 Å². The molecule has 0 radical (unpaired) electrons. The van der Waals surface area contributed by atoms with Gasteiger partial charge in [-0.25, -0.2) is 5.43 Å². The summed E-state index contributed by atoms with van der Waals surface area (Å²) in [6.07, 6.45) is 7.31. The Morgan fingerprint density at radius 2 is 1.85 bits per heavy atom. The molecule has 2 N–H and O–H groups in total. The average Bonchev–Trinajstić information content (AvgIpc) is 3.01. The lowest BCUT2D eigenvalue weighted by Gasteiger charge is -2.30. The third-order valence-corrected chi connectivity index (χ3v) is 8.02. The molecule has 3 rings (SSSR count). The largest absolute Gasteiger partial charge is 0.383 e. The highest BCUT2D eigenvalue weighted by atomic mass is 32.2. The molecule has 0 aromatic heterocycles. The molecule has 10 heteroatoms. The van der Waals surface area contributed by atoms with E-state index in [1.54, 1.807) is 7.11 Å². The van der Waals surface area contributed by atoms with Crippen molar-refractivity contribution in [2.24, 2.45) is 16.9 Å². The van der Waals surface area contributed by atoms with Crippen LogP contribution in [0.1, 0.15) is 58.3 Å². The van der Waals surface area contributed by atoms with Gasteiger partial charge in [0, 0.05) is 44.6 Å². The molecule has 2 heterocycles. The number of amides is 2. The number of nitrogens with one attached hydrogen (secondary N) is 2. The number of thioether (sulfide) groups is 1. The number of hydrogen-bond acceptors (Lipinski definition) is 7. The van der Waals surface area contributed by atoms with E-state index in [9.17, 15) is 14.4 Å². The first-order chi connectivity index (χ1) is 16.0. The van der Waals surface area contributed by atoms with Crippen LogP contribution < -0.4 is 10.7 Å². The summed E-state index contributed by atoms with van der Waals surface area (Å²) in [6, 6.07) is -0.574. The van der Waals surface area contributed by atoms with Crippen molar-refractivity contribution in [3.63, 3.8) is 0 Å². The topological polar surface area (TPSA) is 109 Å². The molecule has 1 aliphatic carbocycles.